The van der Waals surface area contributed by atoms with Crippen LogP contribution in [0.15, 0.2) is 36.4 Å². The first-order valence-electron chi connectivity index (χ1n) is 7.02. The van der Waals surface area contributed by atoms with Gasteiger partial charge in [0.25, 0.3) is 0 Å². The van der Waals surface area contributed by atoms with E-state index < -0.39 is 0 Å². The minimum absolute atomic E-state index is 0.808. The van der Waals surface area contributed by atoms with Gasteiger partial charge in [-0.05, 0) is 30.9 Å². The van der Waals surface area contributed by atoms with Crippen LogP contribution < -0.4 is 0 Å². The number of aromatic nitrogens is 2. The maximum absolute atomic E-state index is 4.59. The van der Waals surface area contributed by atoms with Gasteiger partial charge >= 0.3 is 0 Å². The molecule has 1 saturated carbocycles. The second kappa shape index (κ2) is 5.38. The van der Waals surface area contributed by atoms with Crippen LogP contribution >= 0.6 is 0 Å². The second-order valence-electron chi connectivity index (χ2n) is 5.23. The maximum atomic E-state index is 4.59. The van der Waals surface area contributed by atoms with Crippen LogP contribution in [0, 0.1) is 5.92 Å². The van der Waals surface area contributed by atoms with Crippen molar-refractivity contribution in [1.29, 1.82) is 0 Å². The predicted octanol–water partition coefficient (Wildman–Crippen LogP) is 4.24. The Morgan fingerprint density at radius 3 is 2.83 bits per heavy atom. The van der Waals surface area contributed by atoms with E-state index in [1.54, 1.807) is 0 Å². The van der Waals surface area contributed by atoms with Crippen molar-refractivity contribution in [3.8, 4) is 0 Å². The van der Waals surface area contributed by atoms with E-state index in [0.29, 0.717) is 0 Å². The minimum atomic E-state index is 0.808. The fourth-order valence-corrected chi connectivity index (χ4v) is 2.80. The number of rotatable bonds is 3. The summed E-state index contributed by atoms with van der Waals surface area (Å²) in [5.41, 5.74) is 2.21. The molecule has 94 valence electrons. The number of hydrogen-bond acceptors (Lipinski definition) is 1. The van der Waals surface area contributed by atoms with E-state index in [1.807, 2.05) is 12.1 Å². The molecule has 0 saturated heterocycles. The molecular weight excluding hydrogens is 220 g/mol. The molecule has 0 bridgehead atoms. The van der Waals surface area contributed by atoms with Gasteiger partial charge in [0.2, 0.25) is 0 Å². The van der Waals surface area contributed by atoms with E-state index in [0.717, 1.165) is 29.2 Å². The highest BCUT2D eigenvalue weighted by atomic mass is 14.9. The lowest BCUT2D eigenvalue weighted by molar-refractivity contribution is 0.419. The van der Waals surface area contributed by atoms with E-state index >= 15 is 0 Å². The Hall–Kier alpha value is -1.57. The zero-order valence-electron chi connectivity index (χ0n) is 10.7. The standard InChI is InChI=1S/C16H20N2/c1-2-7-13(8-3-1)9-6-12-16-17-14-10-4-5-11-15(14)18-16/h4-6,9-11,13H,1-3,7-8,12H2,(H,17,18). The molecule has 1 aliphatic rings. The monoisotopic (exact) mass is 240 g/mol. The smallest absolute Gasteiger partial charge is 0.111 e. The summed E-state index contributed by atoms with van der Waals surface area (Å²) >= 11 is 0. The molecule has 0 aliphatic heterocycles. The zero-order chi connectivity index (χ0) is 12.2. The highest BCUT2D eigenvalue weighted by Crippen LogP contribution is 2.24. The van der Waals surface area contributed by atoms with E-state index in [1.165, 1.54) is 32.1 Å². The van der Waals surface area contributed by atoms with Gasteiger partial charge in [-0.2, -0.15) is 0 Å². The molecule has 1 aromatic carbocycles. The van der Waals surface area contributed by atoms with E-state index in [-0.39, 0.29) is 0 Å². The first-order valence-corrected chi connectivity index (χ1v) is 7.02. The maximum Gasteiger partial charge on any atom is 0.111 e. The Balaban J connectivity index is 1.63. The van der Waals surface area contributed by atoms with Gasteiger partial charge in [-0.15, -0.1) is 0 Å². The van der Waals surface area contributed by atoms with Gasteiger partial charge in [0.15, 0.2) is 0 Å². The molecule has 2 nitrogen and oxygen atoms in total. The van der Waals surface area contributed by atoms with Crippen molar-refractivity contribution >= 4 is 11.0 Å². The van der Waals surface area contributed by atoms with Crippen molar-refractivity contribution in [1.82, 2.24) is 9.97 Å². The van der Waals surface area contributed by atoms with Gasteiger partial charge in [0.1, 0.15) is 5.82 Å². The van der Waals surface area contributed by atoms with Crippen LogP contribution in [0.25, 0.3) is 11.0 Å². The molecule has 1 aliphatic carbocycles. The number of allylic oxidation sites excluding steroid dienone is 2. The van der Waals surface area contributed by atoms with Crippen LogP contribution in [0.1, 0.15) is 37.9 Å². The third-order valence-electron chi connectivity index (χ3n) is 3.81. The number of nitrogens with zero attached hydrogens (tertiary/aromatic N) is 1. The minimum Gasteiger partial charge on any atom is -0.342 e. The van der Waals surface area contributed by atoms with Gasteiger partial charge in [-0.3, -0.25) is 0 Å². The molecule has 2 aromatic rings. The highest BCUT2D eigenvalue weighted by molar-refractivity contribution is 5.74. The first-order chi connectivity index (χ1) is 8.92. The van der Waals surface area contributed by atoms with Gasteiger partial charge in [-0.25, -0.2) is 4.98 Å². The summed E-state index contributed by atoms with van der Waals surface area (Å²) < 4.78 is 0. The molecule has 0 amide bonds. The molecule has 1 fully saturated rings. The Morgan fingerprint density at radius 1 is 1.17 bits per heavy atom. The molecule has 0 atom stereocenters. The van der Waals surface area contributed by atoms with Crippen molar-refractivity contribution in [3.63, 3.8) is 0 Å². The number of benzene rings is 1. The van der Waals surface area contributed by atoms with Crippen molar-refractivity contribution in [2.45, 2.75) is 38.5 Å². The average molecular weight is 240 g/mol. The third kappa shape index (κ3) is 2.63. The molecular formula is C16H20N2. The summed E-state index contributed by atoms with van der Waals surface area (Å²) in [4.78, 5) is 7.96. The van der Waals surface area contributed by atoms with E-state index in [2.05, 4.69) is 34.3 Å². The number of aromatic amines is 1. The van der Waals surface area contributed by atoms with Crippen molar-refractivity contribution in [2.24, 2.45) is 5.92 Å². The normalized spacial score (nSPS) is 17.8. The van der Waals surface area contributed by atoms with E-state index in [9.17, 15) is 0 Å². The van der Waals surface area contributed by atoms with Crippen LogP contribution in [-0.2, 0) is 6.42 Å². The molecule has 2 heteroatoms. The van der Waals surface area contributed by atoms with Crippen LogP contribution in [0.5, 0.6) is 0 Å². The third-order valence-corrected chi connectivity index (χ3v) is 3.81. The Kier molecular flexibility index (Phi) is 3.44. The van der Waals surface area contributed by atoms with E-state index in [4.69, 9.17) is 0 Å². The quantitative estimate of drug-likeness (QED) is 0.799. The van der Waals surface area contributed by atoms with Crippen LogP contribution in [0.2, 0.25) is 0 Å². The van der Waals surface area contributed by atoms with Gasteiger partial charge < -0.3 is 4.98 Å². The number of para-hydroxylation sites is 2. The van der Waals surface area contributed by atoms with Gasteiger partial charge in [0, 0.05) is 6.42 Å². The molecule has 18 heavy (non-hydrogen) atoms. The second-order valence-corrected chi connectivity index (χ2v) is 5.23. The van der Waals surface area contributed by atoms with Gasteiger partial charge in [0.05, 0.1) is 11.0 Å². The van der Waals surface area contributed by atoms with Crippen molar-refractivity contribution < 1.29 is 0 Å². The summed E-state index contributed by atoms with van der Waals surface area (Å²) in [7, 11) is 0. The largest absolute Gasteiger partial charge is 0.342 e. The fraction of sp³-hybridized carbons (Fsp3) is 0.438. The topological polar surface area (TPSA) is 28.7 Å². The molecule has 1 aromatic heterocycles. The first kappa shape index (κ1) is 11.5. The lowest BCUT2D eigenvalue weighted by Crippen LogP contribution is -2.02. The molecule has 0 radical (unpaired) electrons. The summed E-state index contributed by atoms with van der Waals surface area (Å²) in [6.45, 7) is 0. The number of nitrogens with one attached hydrogen (secondary N) is 1. The van der Waals surface area contributed by atoms with Crippen LogP contribution in [0.3, 0.4) is 0 Å². The molecule has 1 N–H and O–H groups in total. The molecule has 3 rings (SSSR count). The van der Waals surface area contributed by atoms with Crippen LogP contribution in [-0.4, -0.2) is 9.97 Å². The van der Waals surface area contributed by atoms with Crippen LogP contribution in [0.4, 0.5) is 0 Å². The van der Waals surface area contributed by atoms with Gasteiger partial charge in [-0.1, -0.05) is 43.5 Å². The molecule has 0 unspecified atom stereocenters. The SMILES string of the molecule is C(=CC1CCCCC1)Cc1nc2ccccc2[nH]1. The highest BCUT2D eigenvalue weighted by Gasteiger charge is 2.09. The lowest BCUT2D eigenvalue weighted by Gasteiger charge is -2.17. The molecule has 1 heterocycles. The summed E-state index contributed by atoms with van der Waals surface area (Å²) in [6.07, 6.45) is 12.6. The Labute approximate surface area is 108 Å². The summed E-state index contributed by atoms with van der Waals surface area (Å²) in [5.74, 6) is 1.88. The number of H-pyrrole nitrogens is 1. The summed E-state index contributed by atoms with van der Waals surface area (Å²) in [5, 5.41) is 0. The fourth-order valence-electron chi connectivity index (χ4n) is 2.80. The lowest BCUT2D eigenvalue weighted by atomic mass is 9.89. The number of hydrogen-bond donors (Lipinski definition) is 1. The zero-order valence-corrected chi connectivity index (χ0v) is 10.7. The number of imidazole rings is 1. The van der Waals surface area contributed by atoms with Crippen molar-refractivity contribution in [2.75, 3.05) is 0 Å². The number of fused-ring (bicyclic) bond motifs is 1. The summed E-state index contributed by atoms with van der Waals surface area (Å²) in [6, 6.07) is 8.21. The molecule has 0 spiro atoms. The Morgan fingerprint density at radius 2 is 2.00 bits per heavy atom. The van der Waals surface area contributed by atoms with Crippen molar-refractivity contribution in [3.05, 3.63) is 42.2 Å². The average Bonchev–Trinajstić information content (AvgIpc) is 2.82. The predicted molar refractivity (Wildman–Crippen MR) is 75.5 cm³/mol. The Bertz CT molecular complexity index is 500.